The summed E-state index contributed by atoms with van der Waals surface area (Å²) in [5, 5.41) is 23.0. The summed E-state index contributed by atoms with van der Waals surface area (Å²) in [6, 6.07) is -0.631. The first-order valence-corrected chi connectivity index (χ1v) is 25.8. The van der Waals surface area contributed by atoms with Gasteiger partial charge < -0.3 is 20.3 Å². The molecule has 0 aromatic heterocycles. The van der Waals surface area contributed by atoms with Gasteiger partial charge in [0, 0.05) is 12.8 Å². The van der Waals surface area contributed by atoms with Crippen molar-refractivity contribution >= 4 is 11.9 Å². The zero-order chi connectivity index (χ0) is 43.0. The van der Waals surface area contributed by atoms with E-state index in [1.165, 1.54) is 186 Å². The zero-order valence-electron chi connectivity index (χ0n) is 39.2. The molecule has 0 aliphatic rings. The van der Waals surface area contributed by atoms with Crippen LogP contribution < -0.4 is 5.32 Å². The Morgan fingerprint density at radius 1 is 0.475 bits per heavy atom. The molecule has 0 aliphatic carbocycles. The van der Waals surface area contributed by atoms with E-state index in [0.717, 1.165) is 51.4 Å². The predicted octanol–water partition coefficient (Wildman–Crippen LogP) is 15.3. The molecule has 0 saturated heterocycles. The van der Waals surface area contributed by atoms with Crippen LogP contribution in [0.25, 0.3) is 0 Å². The summed E-state index contributed by atoms with van der Waals surface area (Å²) in [6.45, 7) is 4.81. The number of ether oxygens (including phenoxy) is 1. The van der Waals surface area contributed by atoms with Crippen molar-refractivity contribution < 1.29 is 24.5 Å². The van der Waals surface area contributed by atoms with Crippen LogP contribution in [-0.2, 0) is 14.3 Å². The van der Waals surface area contributed by atoms with Gasteiger partial charge in [-0.25, -0.2) is 0 Å². The second-order valence-electron chi connectivity index (χ2n) is 17.5. The monoisotopic (exact) mass is 830 g/mol. The smallest absolute Gasteiger partial charge is 0.305 e. The number of carbonyl (C=O) groups is 2. The molecule has 0 spiro atoms. The van der Waals surface area contributed by atoms with Crippen LogP contribution >= 0.6 is 0 Å². The number of unbranched alkanes of at least 4 members (excludes halogenated alkanes) is 32. The molecule has 2 atom stereocenters. The van der Waals surface area contributed by atoms with Gasteiger partial charge in [-0.3, -0.25) is 9.59 Å². The SMILES string of the molecule is CCC/C=C\C/C=C\CCCCCCCC(=O)OCCCCCCCCCCCCCCCCCCCC(=O)NC(CO)C(O)/C=C/CCCCCCCCCCCC. The molecular weight excluding hydrogens is 731 g/mol. The molecule has 0 aromatic carbocycles. The molecule has 59 heavy (non-hydrogen) atoms. The number of amides is 1. The summed E-state index contributed by atoms with van der Waals surface area (Å²) < 4.78 is 5.45. The number of carbonyl (C=O) groups excluding carboxylic acids is 2. The highest BCUT2D eigenvalue weighted by molar-refractivity contribution is 5.76. The number of rotatable bonds is 47. The summed E-state index contributed by atoms with van der Waals surface area (Å²) in [5.74, 6) is -0.0868. The van der Waals surface area contributed by atoms with Gasteiger partial charge in [0.25, 0.3) is 0 Å². The minimum absolute atomic E-state index is 0.0116. The minimum Gasteiger partial charge on any atom is -0.466 e. The third-order valence-electron chi connectivity index (χ3n) is 11.6. The van der Waals surface area contributed by atoms with Crippen LogP contribution in [0.2, 0.25) is 0 Å². The largest absolute Gasteiger partial charge is 0.466 e. The Hall–Kier alpha value is -1.92. The van der Waals surface area contributed by atoms with Gasteiger partial charge in [0.05, 0.1) is 25.4 Å². The number of allylic oxidation sites excluding steroid dienone is 5. The third-order valence-corrected chi connectivity index (χ3v) is 11.6. The fraction of sp³-hybridized carbons (Fsp3) is 0.849. The first-order valence-electron chi connectivity index (χ1n) is 25.8. The van der Waals surface area contributed by atoms with Gasteiger partial charge in [-0.1, -0.05) is 230 Å². The molecule has 2 unspecified atom stereocenters. The minimum atomic E-state index is -0.847. The van der Waals surface area contributed by atoms with Crippen LogP contribution in [0, 0.1) is 0 Å². The highest BCUT2D eigenvalue weighted by Gasteiger charge is 2.18. The Labute approximate surface area is 366 Å². The van der Waals surface area contributed by atoms with Gasteiger partial charge in [0.1, 0.15) is 0 Å². The lowest BCUT2D eigenvalue weighted by Crippen LogP contribution is -2.45. The maximum absolute atomic E-state index is 12.4. The van der Waals surface area contributed by atoms with Crippen LogP contribution in [0.5, 0.6) is 0 Å². The Kier molecular flexibility index (Phi) is 47.2. The van der Waals surface area contributed by atoms with Gasteiger partial charge in [-0.2, -0.15) is 0 Å². The molecular formula is C53H99NO5. The Morgan fingerprint density at radius 3 is 1.36 bits per heavy atom. The molecule has 0 rings (SSSR count). The Morgan fingerprint density at radius 2 is 0.881 bits per heavy atom. The van der Waals surface area contributed by atoms with Crippen molar-refractivity contribution in [1.82, 2.24) is 5.32 Å². The van der Waals surface area contributed by atoms with E-state index in [4.69, 9.17) is 4.74 Å². The predicted molar refractivity (Wildman–Crippen MR) is 255 cm³/mol. The van der Waals surface area contributed by atoms with Crippen LogP contribution in [0.3, 0.4) is 0 Å². The second-order valence-corrected chi connectivity index (χ2v) is 17.5. The van der Waals surface area contributed by atoms with E-state index in [0.29, 0.717) is 19.4 Å². The molecule has 6 nitrogen and oxygen atoms in total. The molecule has 0 heterocycles. The number of esters is 1. The first-order chi connectivity index (χ1) is 29.0. The highest BCUT2D eigenvalue weighted by Crippen LogP contribution is 2.16. The molecule has 0 saturated carbocycles. The van der Waals surface area contributed by atoms with E-state index in [-0.39, 0.29) is 18.5 Å². The van der Waals surface area contributed by atoms with Crippen LogP contribution in [0.1, 0.15) is 264 Å². The Bertz CT molecular complexity index is 962. The van der Waals surface area contributed by atoms with Gasteiger partial charge in [0.15, 0.2) is 0 Å². The summed E-state index contributed by atoms with van der Waals surface area (Å²) >= 11 is 0. The summed E-state index contributed by atoms with van der Waals surface area (Å²) in [5.41, 5.74) is 0. The molecule has 3 N–H and O–H groups in total. The number of hydrogen-bond donors (Lipinski definition) is 3. The Balaban J connectivity index is 3.45. The number of nitrogens with one attached hydrogen (secondary N) is 1. The number of aliphatic hydroxyl groups excluding tert-OH is 2. The maximum Gasteiger partial charge on any atom is 0.305 e. The topological polar surface area (TPSA) is 95.9 Å². The molecule has 6 heteroatoms. The summed E-state index contributed by atoms with van der Waals surface area (Å²) in [4.78, 5) is 24.4. The summed E-state index contributed by atoms with van der Waals surface area (Å²) in [6.07, 6.45) is 58.6. The van der Waals surface area contributed by atoms with Crippen molar-refractivity contribution in [3.63, 3.8) is 0 Å². The van der Waals surface area contributed by atoms with E-state index < -0.39 is 12.1 Å². The van der Waals surface area contributed by atoms with Gasteiger partial charge in [0.2, 0.25) is 5.91 Å². The van der Waals surface area contributed by atoms with Gasteiger partial charge >= 0.3 is 5.97 Å². The molecule has 0 radical (unpaired) electrons. The first kappa shape index (κ1) is 57.1. The molecule has 346 valence electrons. The number of hydrogen-bond acceptors (Lipinski definition) is 5. The zero-order valence-corrected chi connectivity index (χ0v) is 39.2. The van der Waals surface area contributed by atoms with Gasteiger partial charge in [-0.15, -0.1) is 0 Å². The number of aliphatic hydroxyl groups is 2. The molecule has 0 fully saturated rings. The van der Waals surface area contributed by atoms with Crippen molar-refractivity contribution in [2.45, 2.75) is 276 Å². The van der Waals surface area contributed by atoms with Gasteiger partial charge in [-0.05, 0) is 57.8 Å². The van der Waals surface area contributed by atoms with Crippen molar-refractivity contribution in [2.75, 3.05) is 13.2 Å². The fourth-order valence-corrected chi connectivity index (χ4v) is 7.67. The average Bonchev–Trinajstić information content (AvgIpc) is 3.24. The lowest BCUT2D eigenvalue weighted by Gasteiger charge is -2.20. The quantitative estimate of drug-likeness (QED) is 0.0323. The lowest BCUT2D eigenvalue weighted by atomic mass is 10.0. The summed E-state index contributed by atoms with van der Waals surface area (Å²) in [7, 11) is 0. The van der Waals surface area contributed by atoms with E-state index >= 15 is 0 Å². The van der Waals surface area contributed by atoms with E-state index in [9.17, 15) is 19.8 Å². The highest BCUT2D eigenvalue weighted by atomic mass is 16.5. The normalized spacial score (nSPS) is 12.9. The molecule has 0 aliphatic heterocycles. The van der Waals surface area contributed by atoms with Crippen LogP contribution in [0.15, 0.2) is 36.5 Å². The third kappa shape index (κ3) is 45.4. The van der Waals surface area contributed by atoms with E-state index in [1.807, 2.05) is 6.08 Å². The maximum atomic E-state index is 12.4. The molecule has 0 aromatic rings. The van der Waals surface area contributed by atoms with Crippen molar-refractivity contribution in [1.29, 1.82) is 0 Å². The lowest BCUT2D eigenvalue weighted by molar-refractivity contribution is -0.143. The average molecular weight is 830 g/mol. The van der Waals surface area contributed by atoms with E-state index in [1.54, 1.807) is 6.08 Å². The van der Waals surface area contributed by atoms with Crippen LogP contribution in [-0.4, -0.2) is 47.4 Å². The van der Waals surface area contributed by atoms with Crippen LogP contribution in [0.4, 0.5) is 0 Å². The van der Waals surface area contributed by atoms with Crippen molar-refractivity contribution in [3.8, 4) is 0 Å². The standard InChI is InChI=1S/C53H99NO5/c1-3-5-7-9-11-13-15-22-27-31-35-39-43-47-53(58)59-48-44-40-36-32-28-24-21-19-17-18-20-23-26-30-34-38-42-46-52(57)54-50(49-55)51(56)45-41-37-33-29-25-16-14-12-10-8-6-4-2/h7,9,13,15,41,45,50-51,55-56H,3-6,8,10-12,14,16-40,42-44,46-49H2,1-2H3,(H,54,57)/b9-7-,15-13-,45-41+. The van der Waals surface area contributed by atoms with Crippen molar-refractivity contribution in [3.05, 3.63) is 36.5 Å². The van der Waals surface area contributed by atoms with Crippen molar-refractivity contribution in [2.24, 2.45) is 0 Å². The second kappa shape index (κ2) is 48.7. The molecule has 0 bridgehead atoms. The van der Waals surface area contributed by atoms with E-state index in [2.05, 4.69) is 43.5 Å². The molecule has 1 amide bonds. The fourth-order valence-electron chi connectivity index (χ4n) is 7.67.